The third-order valence-corrected chi connectivity index (χ3v) is 3.74. The van der Waals surface area contributed by atoms with Gasteiger partial charge in [0, 0.05) is 10.0 Å². The summed E-state index contributed by atoms with van der Waals surface area (Å²) < 4.78 is 16.7. The number of nitrogens with one attached hydrogen (secondary N) is 1. The average molecular weight is 368 g/mol. The predicted molar refractivity (Wildman–Crippen MR) is 91.3 cm³/mol. The molecule has 0 aromatic heterocycles. The number of amides is 1. The Hall–Kier alpha value is -2.11. The summed E-state index contributed by atoms with van der Waals surface area (Å²) >= 11 is 11.7. The van der Waals surface area contributed by atoms with Crippen molar-refractivity contribution in [2.24, 2.45) is 0 Å². The molecule has 0 saturated heterocycles. The number of para-hydroxylation sites is 2. The van der Waals surface area contributed by atoms with E-state index >= 15 is 0 Å². The second kappa shape index (κ2) is 7.64. The normalized spacial score (nSPS) is 15.7. The van der Waals surface area contributed by atoms with Gasteiger partial charge in [-0.1, -0.05) is 35.3 Å². The second-order valence-electron chi connectivity index (χ2n) is 5.20. The fourth-order valence-corrected chi connectivity index (χ4v) is 2.71. The summed E-state index contributed by atoms with van der Waals surface area (Å²) in [6.45, 7) is 0.565. The molecule has 0 spiro atoms. The second-order valence-corrected chi connectivity index (χ2v) is 6.07. The van der Waals surface area contributed by atoms with Gasteiger partial charge in [0.25, 0.3) is 5.91 Å². The molecule has 0 aliphatic carbocycles. The van der Waals surface area contributed by atoms with Crippen LogP contribution in [0.3, 0.4) is 0 Å². The van der Waals surface area contributed by atoms with Gasteiger partial charge in [0.2, 0.25) is 0 Å². The van der Waals surface area contributed by atoms with Crippen LogP contribution in [0.4, 0.5) is 0 Å². The Morgan fingerprint density at radius 3 is 2.62 bits per heavy atom. The summed E-state index contributed by atoms with van der Waals surface area (Å²) in [7, 11) is 0. The minimum Gasteiger partial charge on any atom is -0.486 e. The quantitative estimate of drug-likeness (QED) is 0.880. The first-order chi connectivity index (χ1) is 11.6. The lowest BCUT2D eigenvalue weighted by atomic mass is 10.2. The van der Waals surface area contributed by atoms with Crippen LogP contribution in [0.15, 0.2) is 42.5 Å². The van der Waals surface area contributed by atoms with Gasteiger partial charge < -0.3 is 19.5 Å². The lowest BCUT2D eigenvalue weighted by molar-refractivity contribution is -0.123. The monoisotopic (exact) mass is 367 g/mol. The Bertz CT molecular complexity index is 718. The lowest BCUT2D eigenvalue weighted by Crippen LogP contribution is -2.42. The van der Waals surface area contributed by atoms with Crippen molar-refractivity contribution in [2.75, 3.05) is 19.8 Å². The standard InChI is InChI=1S/C17H15Cl2NO4/c18-11-5-12(19)7-13(6-11)22-10-17(21)20-8-14-9-23-15-3-1-2-4-16(15)24-14/h1-7,14H,8-10H2,(H,20,21). The van der Waals surface area contributed by atoms with E-state index in [1.54, 1.807) is 18.2 Å². The van der Waals surface area contributed by atoms with Crippen LogP contribution in [0, 0.1) is 0 Å². The van der Waals surface area contributed by atoms with Crippen molar-refractivity contribution in [1.29, 1.82) is 0 Å². The molecule has 0 fully saturated rings. The molecule has 5 nitrogen and oxygen atoms in total. The SMILES string of the molecule is O=C(COc1cc(Cl)cc(Cl)c1)NCC1COc2ccccc2O1. The molecule has 0 saturated carbocycles. The lowest BCUT2D eigenvalue weighted by Gasteiger charge is -2.26. The molecule has 0 bridgehead atoms. The van der Waals surface area contributed by atoms with Crippen molar-refractivity contribution in [3.8, 4) is 17.2 Å². The van der Waals surface area contributed by atoms with Gasteiger partial charge in [0.15, 0.2) is 18.1 Å². The maximum absolute atomic E-state index is 11.9. The van der Waals surface area contributed by atoms with E-state index in [0.29, 0.717) is 40.4 Å². The number of hydrogen-bond acceptors (Lipinski definition) is 4. The molecular weight excluding hydrogens is 353 g/mol. The number of fused-ring (bicyclic) bond motifs is 1. The van der Waals surface area contributed by atoms with Crippen LogP contribution in [0.2, 0.25) is 10.0 Å². The summed E-state index contributed by atoms with van der Waals surface area (Å²) in [5, 5.41) is 3.64. The highest BCUT2D eigenvalue weighted by atomic mass is 35.5. The molecule has 0 radical (unpaired) electrons. The summed E-state index contributed by atoms with van der Waals surface area (Å²) in [5.41, 5.74) is 0. The van der Waals surface area contributed by atoms with Gasteiger partial charge in [-0.3, -0.25) is 4.79 Å². The Labute approximate surface area is 149 Å². The van der Waals surface area contributed by atoms with Crippen LogP contribution in [0.25, 0.3) is 0 Å². The first-order valence-corrected chi connectivity index (χ1v) is 8.10. The Morgan fingerprint density at radius 2 is 1.88 bits per heavy atom. The van der Waals surface area contributed by atoms with Crippen molar-refractivity contribution in [1.82, 2.24) is 5.32 Å². The summed E-state index contributed by atoms with van der Waals surface area (Å²) in [4.78, 5) is 11.9. The molecule has 24 heavy (non-hydrogen) atoms. The van der Waals surface area contributed by atoms with Crippen molar-refractivity contribution >= 4 is 29.1 Å². The van der Waals surface area contributed by atoms with Gasteiger partial charge in [-0.05, 0) is 30.3 Å². The van der Waals surface area contributed by atoms with Gasteiger partial charge in [-0.25, -0.2) is 0 Å². The van der Waals surface area contributed by atoms with Gasteiger partial charge in [0.1, 0.15) is 18.5 Å². The summed E-state index contributed by atoms with van der Waals surface area (Å²) in [5.74, 6) is 1.55. The van der Waals surface area contributed by atoms with E-state index in [1.165, 1.54) is 0 Å². The van der Waals surface area contributed by atoms with Gasteiger partial charge >= 0.3 is 0 Å². The number of rotatable bonds is 5. The zero-order valence-electron chi connectivity index (χ0n) is 12.6. The fraction of sp³-hybridized carbons (Fsp3) is 0.235. The summed E-state index contributed by atoms with van der Waals surface area (Å²) in [6, 6.07) is 12.2. The number of carbonyl (C=O) groups excluding carboxylic acids is 1. The van der Waals surface area contributed by atoms with E-state index in [2.05, 4.69) is 5.32 Å². The van der Waals surface area contributed by atoms with Gasteiger partial charge in [-0.15, -0.1) is 0 Å². The molecule has 1 unspecified atom stereocenters. The van der Waals surface area contributed by atoms with Gasteiger partial charge in [-0.2, -0.15) is 0 Å². The number of hydrogen-bond donors (Lipinski definition) is 1. The number of ether oxygens (including phenoxy) is 3. The van der Waals surface area contributed by atoms with Crippen molar-refractivity contribution < 1.29 is 19.0 Å². The Morgan fingerprint density at radius 1 is 1.17 bits per heavy atom. The molecule has 2 aromatic carbocycles. The van der Waals surface area contributed by atoms with Crippen LogP contribution in [0.1, 0.15) is 0 Å². The summed E-state index contributed by atoms with van der Waals surface area (Å²) in [6.07, 6.45) is -0.246. The molecule has 3 rings (SSSR count). The molecule has 1 atom stereocenters. The highest BCUT2D eigenvalue weighted by molar-refractivity contribution is 6.34. The maximum atomic E-state index is 11.9. The number of benzene rings is 2. The first-order valence-electron chi connectivity index (χ1n) is 7.34. The molecule has 7 heteroatoms. The predicted octanol–water partition coefficient (Wildman–Crippen LogP) is 3.33. The highest BCUT2D eigenvalue weighted by Gasteiger charge is 2.21. The molecule has 1 heterocycles. The van der Waals surface area contributed by atoms with E-state index in [-0.39, 0.29) is 18.6 Å². The first kappa shape index (κ1) is 16.7. The fourth-order valence-electron chi connectivity index (χ4n) is 2.20. The van der Waals surface area contributed by atoms with E-state index in [0.717, 1.165) is 0 Å². The van der Waals surface area contributed by atoms with Crippen molar-refractivity contribution in [3.63, 3.8) is 0 Å². The average Bonchev–Trinajstić information content (AvgIpc) is 2.57. The van der Waals surface area contributed by atoms with E-state index in [4.69, 9.17) is 37.4 Å². The van der Waals surface area contributed by atoms with Crippen molar-refractivity contribution in [2.45, 2.75) is 6.10 Å². The number of halogens is 2. The smallest absolute Gasteiger partial charge is 0.258 e. The molecule has 1 aliphatic heterocycles. The minimum atomic E-state index is -0.270. The Kier molecular flexibility index (Phi) is 5.33. The maximum Gasteiger partial charge on any atom is 0.258 e. The van der Waals surface area contributed by atoms with Gasteiger partial charge in [0.05, 0.1) is 6.54 Å². The molecule has 1 N–H and O–H groups in total. The van der Waals surface area contributed by atoms with Crippen LogP contribution in [-0.4, -0.2) is 31.8 Å². The zero-order valence-corrected chi connectivity index (χ0v) is 14.1. The molecule has 126 valence electrons. The van der Waals surface area contributed by atoms with Crippen LogP contribution < -0.4 is 19.5 Å². The number of carbonyl (C=O) groups is 1. The Balaban J connectivity index is 1.45. The third-order valence-electron chi connectivity index (χ3n) is 3.30. The van der Waals surface area contributed by atoms with Crippen LogP contribution >= 0.6 is 23.2 Å². The minimum absolute atomic E-state index is 0.138. The molecular formula is C17H15Cl2NO4. The van der Waals surface area contributed by atoms with Crippen molar-refractivity contribution in [3.05, 3.63) is 52.5 Å². The third kappa shape index (κ3) is 4.46. The van der Waals surface area contributed by atoms with E-state index < -0.39 is 0 Å². The molecule has 2 aromatic rings. The van der Waals surface area contributed by atoms with E-state index in [9.17, 15) is 4.79 Å². The van der Waals surface area contributed by atoms with E-state index in [1.807, 2.05) is 24.3 Å². The van der Waals surface area contributed by atoms with Crippen LogP contribution in [-0.2, 0) is 4.79 Å². The highest BCUT2D eigenvalue weighted by Crippen LogP contribution is 2.30. The largest absolute Gasteiger partial charge is 0.486 e. The zero-order chi connectivity index (χ0) is 16.9. The molecule has 1 aliphatic rings. The molecule has 1 amide bonds. The topological polar surface area (TPSA) is 56.8 Å². The van der Waals surface area contributed by atoms with Crippen LogP contribution in [0.5, 0.6) is 17.2 Å².